The lowest BCUT2D eigenvalue weighted by Crippen LogP contribution is -2.44. The van der Waals surface area contributed by atoms with Crippen LogP contribution < -0.4 is 0 Å². The molecule has 0 aromatic heterocycles. The molecule has 1 heterocycles. The van der Waals surface area contributed by atoms with E-state index >= 15 is 0 Å². The van der Waals surface area contributed by atoms with Crippen LogP contribution in [0.15, 0.2) is 0 Å². The standard InChI is InChI=1S/C10H17NOS/c12-9-3-1-6-11(9)7-10(8-13)4-2-5-10/h13H,1-8H2. The minimum atomic E-state index is 0.355. The fourth-order valence-corrected chi connectivity index (χ4v) is 2.74. The minimum Gasteiger partial charge on any atom is -0.342 e. The first-order valence-corrected chi connectivity index (χ1v) is 5.78. The van der Waals surface area contributed by atoms with E-state index in [1.165, 1.54) is 19.3 Å². The molecule has 0 radical (unpaired) electrons. The van der Waals surface area contributed by atoms with Crippen molar-refractivity contribution in [3.05, 3.63) is 0 Å². The van der Waals surface area contributed by atoms with Gasteiger partial charge in [0.2, 0.25) is 5.91 Å². The number of hydrogen-bond donors (Lipinski definition) is 1. The van der Waals surface area contributed by atoms with Gasteiger partial charge in [-0.2, -0.15) is 12.6 Å². The summed E-state index contributed by atoms with van der Waals surface area (Å²) in [5.41, 5.74) is 0.378. The largest absolute Gasteiger partial charge is 0.342 e. The number of carbonyl (C=O) groups excluding carboxylic acids is 1. The molecule has 0 bridgehead atoms. The van der Waals surface area contributed by atoms with Gasteiger partial charge >= 0.3 is 0 Å². The number of likely N-dealkylation sites (tertiary alicyclic amines) is 1. The summed E-state index contributed by atoms with van der Waals surface area (Å²) in [5, 5.41) is 0. The van der Waals surface area contributed by atoms with Gasteiger partial charge in [0.15, 0.2) is 0 Å². The molecular formula is C10H17NOS. The van der Waals surface area contributed by atoms with Crippen LogP contribution in [0.3, 0.4) is 0 Å². The lowest BCUT2D eigenvalue weighted by Gasteiger charge is -2.43. The maximum absolute atomic E-state index is 11.4. The molecule has 2 aliphatic rings. The molecule has 0 aromatic rings. The molecule has 1 saturated carbocycles. The Morgan fingerprint density at radius 1 is 1.38 bits per heavy atom. The van der Waals surface area contributed by atoms with E-state index in [0.717, 1.165) is 31.7 Å². The van der Waals surface area contributed by atoms with Crippen LogP contribution >= 0.6 is 12.6 Å². The van der Waals surface area contributed by atoms with E-state index in [2.05, 4.69) is 12.6 Å². The third kappa shape index (κ3) is 1.71. The van der Waals surface area contributed by atoms with E-state index in [1.54, 1.807) is 0 Å². The second-order valence-electron chi connectivity index (χ2n) is 4.43. The molecule has 0 spiro atoms. The Balaban J connectivity index is 1.92. The van der Waals surface area contributed by atoms with E-state index in [-0.39, 0.29) is 0 Å². The molecule has 2 rings (SSSR count). The zero-order valence-electron chi connectivity index (χ0n) is 7.96. The van der Waals surface area contributed by atoms with E-state index < -0.39 is 0 Å². The molecule has 0 unspecified atom stereocenters. The van der Waals surface area contributed by atoms with Crippen molar-refractivity contribution in [2.24, 2.45) is 5.41 Å². The highest BCUT2D eigenvalue weighted by Gasteiger charge is 2.39. The Bertz CT molecular complexity index is 207. The van der Waals surface area contributed by atoms with Crippen molar-refractivity contribution in [3.63, 3.8) is 0 Å². The summed E-state index contributed by atoms with van der Waals surface area (Å²) in [6, 6.07) is 0. The van der Waals surface area contributed by atoms with Gasteiger partial charge in [-0.05, 0) is 30.4 Å². The van der Waals surface area contributed by atoms with Gasteiger partial charge in [0, 0.05) is 19.5 Å². The second kappa shape index (κ2) is 3.52. The van der Waals surface area contributed by atoms with E-state index in [9.17, 15) is 4.79 Å². The lowest BCUT2D eigenvalue weighted by atomic mass is 9.70. The van der Waals surface area contributed by atoms with Gasteiger partial charge in [-0.1, -0.05) is 6.42 Å². The molecule has 2 fully saturated rings. The van der Waals surface area contributed by atoms with Gasteiger partial charge in [0.05, 0.1) is 0 Å². The smallest absolute Gasteiger partial charge is 0.222 e. The van der Waals surface area contributed by atoms with Crippen LogP contribution in [0.5, 0.6) is 0 Å². The van der Waals surface area contributed by atoms with Crippen LogP contribution in [0.1, 0.15) is 32.1 Å². The van der Waals surface area contributed by atoms with Gasteiger partial charge < -0.3 is 4.90 Å². The van der Waals surface area contributed by atoms with Crippen molar-refractivity contribution in [2.45, 2.75) is 32.1 Å². The van der Waals surface area contributed by atoms with Gasteiger partial charge in [-0.15, -0.1) is 0 Å². The van der Waals surface area contributed by atoms with Crippen LogP contribution in [0.4, 0.5) is 0 Å². The highest BCUT2D eigenvalue weighted by atomic mass is 32.1. The summed E-state index contributed by atoms with van der Waals surface area (Å²) in [7, 11) is 0. The van der Waals surface area contributed by atoms with Crippen LogP contribution in [0.2, 0.25) is 0 Å². The molecule has 2 nitrogen and oxygen atoms in total. The Kier molecular flexibility index (Phi) is 2.54. The molecule has 0 atom stereocenters. The number of nitrogens with zero attached hydrogens (tertiary/aromatic N) is 1. The zero-order valence-corrected chi connectivity index (χ0v) is 8.85. The number of carbonyl (C=O) groups is 1. The van der Waals surface area contributed by atoms with Crippen molar-refractivity contribution in [3.8, 4) is 0 Å². The average Bonchev–Trinajstić information content (AvgIpc) is 2.44. The molecule has 1 saturated heterocycles. The molecule has 74 valence electrons. The van der Waals surface area contributed by atoms with E-state index in [1.807, 2.05) is 4.90 Å². The van der Waals surface area contributed by atoms with Gasteiger partial charge in [-0.3, -0.25) is 4.79 Å². The van der Waals surface area contributed by atoms with Gasteiger partial charge in [0.1, 0.15) is 0 Å². The summed E-state index contributed by atoms with van der Waals surface area (Å²) in [4.78, 5) is 13.4. The Labute approximate surface area is 85.1 Å². The van der Waals surface area contributed by atoms with Gasteiger partial charge in [-0.25, -0.2) is 0 Å². The SMILES string of the molecule is O=C1CCCN1CC1(CS)CCC1. The van der Waals surface area contributed by atoms with Crippen molar-refractivity contribution in [1.82, 2.24) is 4.90 Å². The summed E-state index contributed by atoms with van der Waals surface area (Å²) in [5.74, 6) is 1.30. The van der Waals surface area contributed by atoms with Crippen molar-refractivity contribution in [1.29, 1.82) is 0 Å². The molecule has 0 aromatic carbocycles. The quantitative estimate of drug-likeness (QED) is 0.686. The summed E-state index contributed by atoms with van der Waals surface area (Å²) < 4.78 is 0. The number of thiol groups is 1. The monoisotopic (exact) mass is 199 g/mol. The molecule has 1 aliphatic carbocycles. The molecule has 0 N–H and O–H groups in total. The topological polar surface area (TPSA) is 20.3 Å². The Morgan fingerprint density at radius 2 is 2.15 bits per heavy atom. The number of amides is 1. The van der Waals surface area contributed by atoms with Crippen LogP contribution in [0, 0.1) is 5.41 Å². The van der Waals surface area contributed by atoms with Crippen molar-refractivity contribution in [2.75, 3.05) is 18.8 Å². The molecular weight excluding hydrogens is 182 g/mol. The highest BCUT2D eigenvalue weighted by Crippen LogP contribution is 2.42. The fourth-order valence-electron chi connectivity index (χ4n) is 2.32. The summed E-state index contributed by atoms with van der Waals surface area (Å²) in [6.07, 6.45) is 5.67. The zero-order chi connectivity index (χ0) is 9.31. The van der Waals surface area contributed by atoms with E-state index in [0.29, 0.717) is 11.3 Å². The van der Waals surface area contributed by atoms with Crippen LogP contribution in [0.25, 0.3) is 0 Å². The predicted molar refractivity (Wildman–Crippen MR) is 56.0 cm³/mol. The maximum atomic E-state index is 11.4. The Hall–Kier alpha value is -0.180. The normalized spacial score (nSPS) is 26.2. The molecule has 3 heteroatoms. The van der Waals surface area contributed by atoms with Crippen LogP contribution in [-0.4, -0.2) is 29.6 Å². The number of rotatable bonds is 3. The molecule has 13 heavy (non-hydrogen) atoms. The lowest BCUT2D eigenvalue weighted by molar-refractivity contribution is -0.129. The predicted octanol–water partition coefficient (Wildman–Crippen LogP) is 1.71. The fraction of sp³-hybridized carbons (Fsp3) is 0.900. The third-order valence-corrected chi connectivity index (χ3v) is 4.12. The second-order valence-corrected chi connectivity index (χ2v) is 4.75. The maximum Gasteiger partial charge on any atom is 0.222 e. The van der Waals surface area contributed by atoms with Gasteiger partial charge in [0.25, 0.3) is 0 Å². The molecule has 1 aliphatic heterocycles. The number of hydrogen-bond acceptors (Lipinski definition) is 2. The summed E-state index contributed by atoms with van der Waals surface area (Å²) >= 11 is 4.40. The first-order chi connectivity index (χ1) is 6.26. The highest BCUT2D eigenvalue weighted by molar-refractivity contribution is 7.80. The Morgan fingerprint density at radius 3 is 2.54 bits per heavy atom. The minimum absolute atomic E-state index is 0.355. The average molecular weight is 199 g/mol. The molecule has 1 amide bonds. The third-order valence-electron chi connectivity index (χ3n) is 3.45. The first kappa shape index (κ1) is 9.38. The van der Waals surface area contributed by atoms with E-state index in [4.69, 9.17) is 0 Å². The van der Waals surface area contributed by atoms with Crippen molar-refractivity contribution < 1.29 is 4.79 Å². The van der Waals surface area contributed by atoms with Crippen LogP contribution in [-0.2, 0) is 4.79 Å². The summed E-state index contributed by atoms with van der Waals surface area (Å²) in [6.45, 7) is 1.95. The van der Waals surface area contributed by atoms with Crippen molar-refractivity contribution >= 4 is 18.5 Å². The first-order valence-electron chi connectivity index (χ1n) is 5.14.